The van der Waals surface area contributed by atoms with Crippen LogP contribution in [-0.4, -0.2) is 17.7 Å². The van der Waals surface area contributed by atoms with Crippen molar-refractivity contribution in [1.82, 2.24) is 0 Å². The summed E-state index contributed by atoms with van der Waals surface area (Å²) in [5.74, 6) is -0.339. The molecule has 0 saturated carbocycles. The molecule has 0 saturated heterocycles. The van der Waals surface area contributed by atoms with Crippen molar-refractivity contribution < 1.29 is 14.6 Å². The van der Waals surface area contributed by atoms with E-state index in [9.17, 15) is 4.79 Å². The van der Waals surface area contributed by atoms with Gasteiger partial charge in [-0.15, -0.1) is 12.6 Å². The van der Waals surface area contributed by atoms with Crippen molar-refractivity contribution >= 4 is 18.6 Å². The van der Waals surface area contributed by atoms with E-state index < -0.39 is 0 Å². The molecule has 1 rings (SSSR count). The van der Waals surface area contributed by atoms with E-state index in [1.54, 1.807) is 19.1 Å². The molecule has 0 bridgehead atoms. The van der Waals surface area contributed by atoms with Crippen LogP contribution >= 0.6 is 12.6 Å². The molecule has 0 atom stereocenters. The second-order valence-electron chi connectivity index (χ2n) is 3.40. The molecule has 4 nitrogen and oxygen atoms in total. The molecule has 5 heteroatoms. The number of hydrogen-bond donors (Lipinski definition) is 2. The van der Waals surface area contributed by atoms with Crippen LogP contribution in [0.15, 0.2) is 17.0 Å². The zero-order valence-corrected chi connectivity index (χ0v) is 10.3. The van der Waals surface area contributed by atoms with Crippen molar-refractivity contribution in [3.05, 3.63) is 28.8 Å². The first-order chi connectivity index (χ1) is 8.12. The van der Waals surface area contributed by atoms with E-state index in [1.807, 2.05) is 6.07 Å². The van der Waals surface area contributed by atoms with Crippen molar-refractivity contribution in [2.24, 2.45) is 0 Å². The topological polar surface area (TPSA) is 70.3 Å². The maximum atomic E-state index is 11.3. The number of carbonyl (C=O) groups is 1. The van der Waals surface area contributed by atoms with Crippen LogP contribution in [0.25, 0.3) is 0 Å². The number of nitriles is 1. The summed E-state index contributed by atoms with van der Waals surface area (Å²) >= 11 is 4.16. The molecule has 0 spiro atoms. The normalized spacial score (nSPS) is 9.76. The average Bonchev–Trinajstić information content (AvgIpc) is 2.28. The minimum atomic E-state index is -0.339. The third kappa shape index (κ3) is 3.48. The van der Waals surface area contributed by atoms with E-state index in [0.717, 1.165) is 0 Å². The van der Waals surface area contributed by atoms with Crippen LogP contribution in [0.1, 0.15) is 23.6 Å². The van der Waals surface area contributed by atoms with Crippen molar-refractivity contribution in [2.45, 2.75) is 24.8 Å². The number of nitrogens with zero attached hydrogens (tertiary/aromatic N) is 1. The second kappa shape index (κ2) is 6.28. The summed E-state index contributed by atoms with van der Waals surface area (Å²) in [5.41, 5.74) is 1.49. The molecule has 0 aromatic heterocycles. The zero-order chi connectivity index (χ0) is 12.8. The maximum absolute atomic E-state index is 11.3. The van der Waals surface area contributed by atoms with Gasteiger partial charge in [0, 0.05) is 4.90 Å². The smallest absolute Gasteiger partial charge is 0.310 e. The highest BCUT2D eigenvalue weighted by Crippen LogP contribution is 2.21. The Morgan fingerprint density at radius 3 is 2.82 bits per heavy atom. The van der Waals surface area contributed by atoms with Gasteiger partial charge in [-0.05, 0) is 24.1 Å². The van der Waals surface area contributed by atoms with Gasteiger partial charge in [-0.25, -0.2) is 0 Å². The van der Waals surface area contributed by atoms with E-state index in [4.69, 9.17) is 15.1 Å². The lowest BCUT2D eigenvalue weighted by Crippen LogP contribution is -2.08. The van der Waals surface area contributed by atoms with Gasteiger partial charge in [0.15, 0.2) is 0 Å². The molecule has 1 aromatic carbocycles. The van der Waals surface area contributed by atoms with Crippen LogP contribution in [0.4, 0.5) is 0 Å². The van der Waals surface area contributed by atoms with Crippen molar-refractivity contribution in [3.8, 4) is 6.07 Å². The lowest BCUT2D eigenvalue weighted by Gasteiger charge is -2.08. The Hall–Kier alpha value is -1.51. The summed E-state index contributed by atoms with van der Waals surface area (Å²) in [5, 5.41) is 18.0. The fraction of sp³-hybridized carbons (Fsp3) is 0.333. The van der Waals surface area contributed by atoms with Gasteiger partial charge in [-0.2, -0.15) is 5.26 Å². The van der Waals surface area contributed by atoms with Crippen LogP contribution in [0.5, 0.6) is 0 Å². The minimum Gasteiger partial charge on any atom is -0.466 e. The fourth-order valence-electron chi connectivity index (χ4n) is 1.48. The number of carbonyl (C=O) groups excluding carboxylic acids is 1. The summed E-state index contributed by atoms with van der Waals surface area (Å²) in [6.45, 7) is 1.81. The molecule has 1 aromatic rings. The Labute approximate surface area is 105 Å². The van der Waals surface area contributed by atoms with Gasteiger partial charge in [0.2, 0.25) is 0 Å². The third-order valence-corrected chi connectivity index (χ3v) is 2.55. The summed E-state index contributed by atoms with van der Waals surface area (Å²) in [4.78, 5) is 11.8. The number of thiol groups is 1. The van der Waals surface area contributed by atoms with Crippen molar-refractivity contribution in [2.75, 3.05) is 6.61 Å². The summed E-state index contributed by atoms with van der Waals surface area (Å²) in [6, 6.07) is 5.22. The first-order valence-corrected chi connectivity index (χ1v) is 5.58. The van der Waals surface area contributed by atoms with Crippen LogP contribution in [-0.2, 0) is 22.6 Å². The van der Waals surface area contributed by atoms with Crippen molar-refractivity contribution in [3.63, 3.8) is 0 Å². The highest BCUT2D eigenvalue weighted by molar-refractivity contribution is 7.80. The van der Waals surface area contributed by atoms with Crippen LogP contribution in [0, 0.1) is 11.3 Å². The van der Waals surface area contributed by atoms with Gasteiger partial charge in [-0.1, -0.05) is 6.07 Å². The number of aliphatic hydroxyl groups is 1. The van der Waals surface area contributed by atoms with Gasteiger partial charge >= 0.3 is 5.97 Å². The molecular formula is C12H13NO3S. The second-order valence-corrected chi connectivity index (χ2v) is 3.88. The predicted octanol–water partition coefficient (Wildman–Crippen LogP) is 1.44. The highest BCUT2D eigenvalue weighted by atomic mass is 32.1. The molecule has 1 N–H and O–H groups in total. The Bertz CT molecular complexity index is 466. The minimum absolute atomic E-state index is 0.111. The molecule has 17 heavy (non-hydrogen) atoms. The molecule has 0 radical (unpaired) electrons. The van der Waals surface area contributed by atoms with Crippen LogP contribution in [0.2, 0.25) is 0 Å². The van der Waals surface area contributed by atoms with E-state index in [0.29, 0.717) is 28.2 Å². The Kier molecular flexibility index (Phi) is 5.01. The molecule has 0 aliphatic rings. The van der Waals surface area contributed by atoms with Gasteiger partial charge in [0.25, 0.3) is 0 Å². The Morgan fingerprint density at radius 1 is 1.59 bits per heavy atom. The van der Waals surface area contributed by atoms with E-state index in [1.165, 1.54) is 0 Å². The number of benzene rings is 1. The molecule has 0 fully saturated rings. The third-order valence-electron chi connectivity index (χ3n) is 2.19. The first-order valence-electron chi connectivity index (χ1n) is 5.13. The molecule has 90 valence electrons. The number of aliphatic hydroxyl groups excluding tert-OH is 1. The first kappa shape index (κ1) is 13.6. The van der Waals surface area contributed by atoms with E-state index in [2.05, 4.69) is 12.6 Å². The molecule has 0 heterocycles. The van der Waals surface area contributed by atoms with Crippen LogP contribution < -0.4 is 0 Å². The lowest BCUT2D eigenvalue weighted by atomic mass is 10.0. The Balaban J connectivity index is 3.00. The standard InChI is InChI=1S/C12H13NO3S/c1-2-16-12(15)5-8-3-9(7-14)10(6-13)11(17)4-8/h3-4,14,17H,2,5,7H2,1H3. The van der Waals surface area contributed by atoms with E-state index >= 15 is 0 Å². The lowest BCUT2D eigenvalue weighted by molar-refractivity contribution is -0.142. The van der Waals surface area contributed by atoms with Crippen molar-refractivity contribution in [1.29, 1.82) is 5.26 Å². The maximum Gasteiger partial charge on any atom is 0.310 e. The average molecular weight is 251 g/mol. The number of rotatable bonds is 4. The van der Waals surface area contributed by atoms with Gasteiger partial charge in [0.05, 0.1) is 25.2 Å². The Morgan fingerprint density at radius 2 is 2.29 bits per heavy atom. The quantitative estimate of drug-likeness (QED) is 0.627. The summed E-state index contributed by atoms with van der Waals surface area (Å²) in [6.07, 6.45) is 0.111. The van der Waals surface area contributed by atoms with Gasteiger partial charge < -0.3 is 9.84 Å². The molecule has 0 aliphatic carbocycles. The molecule has 0 amide bonds. The molecular weight excluding hydrogens is 238 g/mol. The predicted molar refractivity (Wildman–Crippen MR) is 64.7 cm³/mol. The fourth-order valence-corrected chi connectivity index (χ4v) is 1.84. The molecule has 0 unspecified atom stereocenters. The largest absolute Gasteiger partial charge is 0.466 e. The number of ether oxygens (including phenoxy) is 1. The summed E-state index contributed by atoms with van der Waals surface area (Å²) < 4.78 is 4.82. The molecule has 0 aliphatic heterocycles. The van der Waals surface area contributed by atoms with E-state index in [-0.39, 0.29) is 19.0 Å². The van der Waals surface area contributed by atoms with Crippen LogP contribution in [0.3, 0.4) is 0 Å². The van der Waals surface area contributed by atoms with Gasteiger partial charge in [0.1, 0.15) is 6.07 Å². The number of esters is 1. The van der Waals surface area contributed by atoms with Gasteiger partial charge in [-0.3, -0.25) is 4.79 Å². The SMILES string of the molecule is CCOC(=O)Cc1cc(S)c(C#N)c(CO)c1. The zero-order valence-electron chi connectivity index (χ0n) is 9.43. The monoisotopic (exact) mass is 251 g/mol. The number of hydrogen-bond acceptors (Lipinski definition) is 5. The summed E-state index contributed by atoms with van der Waals surface area (Å²) in [7, 11) is 0. The highest BCUT2D eigenvalue weighted by Gasteiger charge is 2.10.